The maximum absolute atomic E-state index is 13.5. The number of ether oxygens (including phenoxy) is 3. The molecule has 0 heterocycles. The molecule has 2 N–H and O–H groups in total. The molecule has 44 heavy (non-hydrogen) atoms. The van der Waals surface area contributed by atoms with Crippen molar-refractivity contribution in [1.82, 2.24) is 5.43 Å². The summed E-state index contributed by atoms with van der Waals surface area (Å²) in [4.78, 5) is 25.0. The van der Waals surface area contributed by atoms with Crippen LogP contribution < -0.4 is 29.3 Å². The lowest BCUT2D eigenvalue weighted by Crippen LogP contribution is -2.39. The van der Waals surface area contributed by atoms with Crippen molar-refractivity contribution in [1.29, 1.82) is 0 Å². The smallest absolute Gasteiger partial charge is 0.264 e. The zero-order chi connectivity index (χ0) is 31.5. The number of hydrogen-bond acceptors (Lipinski definition) is 8. The minimum absolute atomic E-state index is 0.00991. The van der Waals surface area contributed by atoms with Gasteiger partial charge >= 0.3 is 0 Å². The Morgan fingerprint density at radius 3 is 1.93 bits per heavy atom. The van der Waals surface area contributed by atoms with Crippen LogP contribution in [-0.4, -0.2) is 53.8 Å². The van der Waals surface area contributed by atoms with Crippen LogP contribution in [0.25, 0.3) is 0 Å². The number of carbonyl (C=O) groups excluding carboxylic acids is 2. The first-order valence-corrected chi connectivity index (χ1v) is 14.8. The van der Waals surface area contributed by atoms with Crippen molar-refractivity contribution in [2.75, 3.05) is 37.0 Å². The van der Waals surface area contributed by atoms with Crippen LogP contribution in [0.5, 0.6) is 17.2 Å². The fourth-order valence-electron chi connectivity index (χ4n) is 3.92. The quantitative estimate of drug-likeness (QED) is 0.168. The lowest BCUT2D eigenvalue weighted by molar-refractivity contribution is -0.119. The average Bonchev–Trinajstić information content (AvgIpc) is 3.04. The van der Waals surface area contributed by atoms with Crippen molar-refractivity contribution in [3.63, 3.8) is 0 Å². The Bertz CT molecular complexity index is 1690. The van der Waals surface area contributed by atoms with Gasteiger partial charge in [-0.05, 0) is 97.4 Å². The Kier molecular flexibility index (Phi) is 10.5. The predicted molar refractivity (Wildman–Crippen MR) is 168 cm³/mol. The molecule has 0 aliphatic rings. The van der Waals surface area contributed by atoms with Crippen LogP contribution in [0.15, 0.2) is 107 Å². The zero-order valence-electron chi connectivity index (χ0n) is 24.4. The highest BCUT2D eigenvalue weighted by Crippen LogP contribution is 2.25. The number of benzene rings is 4. The molecule has 0 aromatic heterocycles. The third kappa shape index (κ3) is 8.58. The number of nitrogens with zero attached hydrogens (tertiary/aromatic N) is 2. The molecule has 4 aromatic carbocycles. The highest BCUT2D eigenvalue weighted by Gasteiger charge is 2.27. The topological polar surface area (TPSA) is 136 Å². The van der Waals surface area contributed by atoms with E-state index in [1.165, 1.54) is 37.6 Å². The van der Waals surface area contributed by atoms with Gasteiger partial charge in [-0.1, -0.05) is 17.7 Å². The van der Waals surface area contributed by atoms with Gasteiger partial charge in [-0.15, -0.1) is 0 Å². The normalized spacial score (nSPS) is 11.1. The largest absolute Gasteiger partial charge is 0.497 e. The molecule has 0 fully saturated rings. The van der Waals surface area contributed by atoms with Crippen molar-refractivity contribution >= 4 is 39.4 Å². The Hall–Kier alpha value is -5.36. The molecule has 11 nitrogen and oxygen atoms in total. The number of sulfonamides is 1. The first-order valence-electron chi connectivity index (χ1n) is 13.4. The number of anilines is 2. The highest BCUT2D eigenvalue weighted by molar-refractivity contribution is 7.92. The highest BCUT2D eigenvalue weighted by atomic mass is 32.2. The van der Waals surface area contributed by atoms with Crippen molar-refractivity contribution in [2.24, 2.45) is 5.10 Å². The van der Waals surface area contributed by atoms with Gasteiger partial charge in [0.15, 0.2) is 6.61 Å². The molecule has 2 amide bonds. The number of carbonyl (C=O) groups is 2. The lowest BCUT2D eigenvalue weighted by atomic mass is 10.2. The third-order valence-electron chi connectivity index (χ3n) is 6.28. The fourth-order valence-corrected chi connectivity index (χ4v) is 5.34. The number of aryl methyl sites for hydroxylation is 1. The lowest BCUT2D eigenvalue weighted by Gasteiger charge is -2.24. The fraction of sp³-hybridized carbons (Fsp3) is 0.156. The number of amides is 2. The second-order valence-electron chi connectivity index (χ2n) is 9.45. The summed E-state index contributed by atoms with van der Waals surface area (Å²) in [6.07, 6.45) is 1.41. The molecule has 0 saturated heterocycles. The van der Waals surface area contributed by atoms with Gasteiger partial charge in [0.1, 0.15) is 23.8 Å². The van der Waals surface area contributed by atoms with Crippen LogP contribution >= 0.6 is 0 Å². The van der Waals surface area contributed by atoms with Crippen molar-refractivity contribution in [2.45, 2.75) is 11.8 Å². The molecule has 228 valence electrons. The second-order valence-corrected chi connectivity index (χ2v) is 11.3. The van der Waals surface area contributed by atoms with Crippen molar-refractivity contribution < 1.29 is 32.2 Å². The van der Waals surface area contributed by atoms with Crippen molar-refractivity contribution in [3.8, 4) is 17.2 Å². The van der Waals surface area contributed by atoms with Crippen molar-refractivity contribution in [3.05, 3.63) is 108 Å². The van der Waals surface area contributed by atoms with Gasteiger partial charge in [0, 0.05) is 5.69 Å². The molecule has 0 aliphatic carbocycles. The molecule has 12 heteroatoms. The number of rotatable bonds is 13. The summed E-state index contributed by atoms with van der Waals surface area (Å²) in [5.74, 6) is 0.699. The zero-order valence-corrected chi connectivity index (χ0v) is 25.2. The van der Waals surface area contributed by atoms with Crippen LogP contribution in [0, 0.1) is 6.92 Å². The first kappa shape index (κ1) is 31.6. The maximum Gasteiger partial charge on any atom is 0.264 e. The molecule has 0 bridgehead atoms. The van der Waals surface area contributed by atoms with Crippen LogP contribution in [0.2, 0.25) is 0 Å². The molecule has 0 spiro atoms. The van der Waals surface area contributed by atoms with Gasteiger partial charge in [-0.25, -0.2) is 13.8 Å². The Morgan fingerprint density at radius 1 is 0.773 bits per heavy atom. The molecule has 0 aliphatic heterocycles. The molecule has 0 unspecified atom stereocenters. The maximum atomic E-state index is 13.5. The number of methoxy groups -OCH3 is 2. The predicted octanol–water partition coefficient (Wildman–Crippen LogP) is 4.38. The van der Waals surface area contributed by atoms with Crippen LogP contribution in [0.3, 0.4) is 0 Å². The SMILES string of the molecule is COc1ccc(NC(=O)COc2ccc(/C=N/NC(=O)CN(c3ccc(C)cc3)S(=O)(=O)c3ccc(OC)cc3)cc2)cc1. The summed E-state index contributed by atoms with van der Waals surface area (Å²) in [5, 5.41) is 6.70. The molecule has 0 radical (unpaired) electrons. The number of nitrogens with one attached hydrogen (secondary N) is 2. The summed E-state index contributed by atoms with van der Waals surface area (Å²) in [7, 11) is -1.03. The monoisotopic (exact) mass is 616 g/mol. The summed E-state index contributed by atoms with van der Waals surface area (Å²) < 4.78 is 43.8. The standard InChI is InChI=1S/C32H32N4O7S/c1-23-4-10-26(11-5-23)36(44(39,40)30-18-16-28(42-3)17-19-30)21-31(37)35-33-20-24-6-12-29(13-7-24)43-22-32(38)34-25-8-14-27(41-2)15-9-25/h4-20H,21-22H2,1-3H3,(H,34,38)(H,35,37)/b33-20+. The molecule has 4 aromatic rings. The summed E-state index contributed by atoms with van der Waals surface area (Å²) in [5.41, 5.74) is 4.92. The minimum Gasteiger partial charge on any atom is -0.497 e. The second kappa shape index (κ2) is 14.7. The summed E-state index contributed by atoms with van der Waals surface area (Å²) in [6, 6.07) is 26.4. The van der Waals surface area contributed by atoms with E-state index in [4.69, 9.17) is 14.2 Å². The van der Waals surface area contributed by atoms with Crippen LogP contribution in [-0.2, 0) is 19.6 Å². The number of hydrogen-bond donors (Lipinski definition) is 2. The third-order valence-corrected chi connectivity index (χ3v) is 8.07. The van der Waals surface area contributed by atoms with Gasteiger partial charge in [0.25, 0.3) is 21.8 Å². The van der Waals surface area contributed by atoms with E-state index in [-0.39, 0.29) is 17.4 Å². The molecular weight excluding hydrogens is 584 g/mol. The van der Waals surface area contributed by atoms with Gasteiger partial charge in [0.05, 0.1) is 31.0 Å². The van der Waals surface area contributed by atoms with E-state index in [2.05, 4.69) is 15.8 Å². The molecule has 4 rings (SSSR count). The Morgan fingerprint density at radius 2 is 1.34 bits per heavy atom. The van der Waals surface area contributed by atoms with E-state index in [1.54, 1.807) is 79.9 Å². The van der Waals surface area contributed by atoms with E-state index >= 15 is 0 Å². The molecular formula is C32H32N4O7S. The van der Waals surface area contributed by atoms with E-state index in [0.717, 1.165) is 9.87 Å². The van der Waals surface area contributed by atoms with Gasteiger partial charge < -0.3 is 19.5 Å². The van der Waals surface area contributed by atoms with E-state index in [1.807, 2.05) is 6.92 Å². The number of hydrazone groups is 1. The van der Waals surface area contributed by atoms with E-state index in [0.29, 0.717) is 34.2 Å². The van der Waals surface area contributed by atoms with E-state index < -0.39 is 22.5 Å². The van der Waals surface area contributed by atoms with Crippen LogP contribution in [0.1, 0.15) is 11.1 Å². The van der Waals surface area contributed by atoms with Gasteiger partial charge in [0.2, 0.25) is 0 Å². The Balaban J connectivity index is 1.34. The van der Waals surface area contributed by atoms with Gasteiger partial charge in [-0.2, -0.15) is 5.10 Å². The molecule has 0 atom stereocenters. The molecule has 0 saturated carbocycles. The van der Waals surface area contributed by atoms with Gasteiger partial charge in [-0.3, -0.25) is 13.9 Å². The summed E-state index contributed by atoms with van der Waals surface area (Å²) in [6.45, 7) is 1.19. The Labute approximate surface area is 256 Å². The van der Waals surface area contributed by atoms with Crippen LogP contribution in [0.4, 0.5) is 11.4 Å². The minimum atomic E-state index is -4.08. The summed E-state index contributed by atoms with van der Waals surface area (Å²) >= 11 is 0. The average molecular weight is 617 g/mol. The first-order chi connectivity index (χ1) is 21.2. The van der Waals surface area contributed by atoms with E-state index in [9.17, 15) is 18.0 Å².